The lowest BCUT2D eigenvalue weighted by molar-refractivity contribution is -0.119. The average Bonchev–Trinajstić information content (AvgIpc) is 3.23. The summed E-state index contributed by atoms with van der Waals surface area (Å²) in [5.41, 5.74) is 2.11. The van der Waals surface area contributed by atoms with Gasteiger partial charge in [-0.3, -0.25) is 9.48 Å². The third-order valence-corrected chi connectivity index (χ3v) is 5.27. The average molecular weight is 427 g/mol. The maximum atomic E-state index is 13.4. The zero-order valence-electron chi connectivity index (χ0n) is 18.0. The monoisotopic (exact) mass is 426 g/mol. The van der Waals surface area contributed by atoms with Gasteiger partial charge in [-0.2, -0.15) is 5.10 Å². The van der Waals surface area contributed by atoms with E-state index < -0.39 is 0 Å². The molecule has 0 atom stereocenters. The number of aromatic nitrogens is 2. The largest absolute Gasteiger partial charge is 0.311 e. The summed E-state index contributed by atoms with van der Waals surface area (Å²) in [6.45, 7) is 7.62. The number of hydrogen-bond donors (Lipinski definition) is 0. The summed E-state index contributed by atoms with van der Waals surface area (Å²) in [7, 11) is 0. The van der Waals surface area contributed by atoms with Crippen LogP contribution in [0.25, 0.3) is 11.3 Å². The second-order valence-corrected chi connectivity index (χ2v) is 7.31. The molecule has 2 aromatic carbocycles. The molecule has 5 nitrogen and oxygen atoms in total. The number of rotatable bonds is 10. The Balaban J connectivity index is 1.71. The topological polar surface area (TPSA) is 41.4 Å². The molecule has 7 heteroatoms. The highest BCUT2D eigenvalue weighted by atomic mass is 19.1. The fourth-order valence-electron chi connectivity index (χ4n) is 3.46. The molecule has 31 heavy (non-hydrogen) atoms. The van der Waals surface area contributed by atoms with Gasteiger partial charge in [0, 0.05) is 24.0 Å². The number of hydrogen-bond acceptors (Lipinski definition) is 3. The van der Waals surface area contributed by atoms with Crippen molar-refractivity contribution in [2.75, 3.05) is 31.1 Å². The van der Waals surface area contributed by atoms with E-state index >= 15 is 0 Å². The van der Waals surface area contributed by atoms with E-state index in [2.05, 4.69) is 23.8 Å². The van der Waals surface area contributed by atoms with E-state index in [1.165, 1.54) is 24.3 Å². The fraction of sp³-hybridized carbons (Fsp3) is 0.333. The number of benzene rings is 2. The molecule has 1 amide bonds. The van der Waals surface area contributed by atoms with Crippen molar-refractivity contribution in [3.05, 3.63) is 72.4 Å². The third-order valence-electron chi connectivity index (χ3n) is 5.27. The third kappa shape index (κ3) is 6.21. The van der Waals surface area contributed by atoms with E-state index in [4.69, 9.17) is 0 Å². The number of amides is 1. The molecular weight excluding hydrogens is 398 g/mol. The lowest BCUT2D eigenvalue weighted by atomic mass is 10.1. The van der Waals surface area contributed by atoms with Gasteiger partial charge in [0.2, 0.25) is 5.91 Å². The summed E-state index contributed by atoms with van der Waals surface area (Å²) in [5.74, 6) is -0.770. The van der Waals surface area contributed by atoms with Gasteiger partial charge in [-0.05, 0) is 80.7 Å². The number of anilines is 1. The van der Waals surface area contributed by atoms with Gasteiger partial charge >= 0.3 is 0 Å². The molecule has 0 saturated heterocycles. The van der Waals surface area contributed by atoms with Crippen LogP contribution in [-0.4, -0.2) is 46.8 Å². The van der Waals surface area contributed by atoms with Gasteiger partial charge in [0.05, 0.1) is 5.69 Å². The van der Waals surface area contributed by atoms with Crippen molar-refractivity contribution >= 4 is 11.6 Å². The normalized spacial score (nSPS) is 11.1. The van der Waals surface area contributed by atoms with Crippen molar-refractivity contribution in [2.24, 2.45) is 0 Å². The Morgan fingerprint density at radius 3 is 2.13 bits per heavy atom. The van der Waals surface area contributed by atoms with Crippen LogP contribution in [0.5, 0.6) is 0 Å². The molecule has 0 unspecified atom stereocenters. The molecule has 0 saturated carbocycles. The summed E-state index contributed by atoms with van der Waals surface area (Å²) >= 11 is 0. The maximum Gasteiger partial charge on any atom is 0.248 e. The van der Waals surface area contributed by atoms with Crippen molar-refractivity contribution in [3.8, 4) is 11.3 Å². The molecule has 0 fully saturated rings. The lowest BCUT2D eigenvalue weighted by Gasteiger charge is -2.25. The Bertz CT molecular complexity index is 966. The highest BCUT2D eigenvalue weighted by Gasteiger charge is 2.17. The van der Waals surface area contributed by atoms with Crippen molar-refractivity contribution < 1.29 is 13.6 Å². The Labute approximate surface area is 181 Å². The van der Waals surface area contributed by atoms with Crippen molar-refractivity contribution in [1.82, 2.24) is 14.7 Å². The van der Waals surface area contributed by atoms with Crippen LogP contribution in [-0.2, 0) is 11.3 Å². The van der Waals surface area contributed by atoms with Crippen LogP contribution in [0.1, 0.15) is 20.3 Å². The number of nitrogens with zero attached hydrogens (tertiary/aromatic N) is 4. The molecule has 0 spiro atoms. The highest BCUT2D eigenvalue weighted by Crippen LogP contribution is 2.19. The minimum absolute atomic E-state index is 0.0594. The molecule has 1 heterocycles. The predicted molar refractivity (Wildman–Crippen MR) is 119 cm³/mol. The second kappa shape index (κ2) is 10.8. The molecule has 0 N–H and O–H groups in total. The molecule has 164 valence electrons. The molecule has 3 aromatic rings. The Kier molecular flexibility index (Phi) is 7.89. The van der Waals surface area contributed by atoms with Crippen molar-refractivity contribution in [1.29, 1.82) is 0 Å². The summed E-state index contributed by atoms with van der Waals surface area (Å²) in [6, 6.07) is 13.8. The smallest absolute Gasteiger partial charge is 0.248 e. The van der Waals surface area contributed by atoms with Crippen molar-refractivity contribution in [2.45, 2.75) is 26.8 Å². The minimum Gasteiger partial charge on any atom is -0.311 e. The van der Waals surface area contributed by atoms with Crippen LogP contribution in [0.2, 0.25) is 0 Å². The molecular formula is C24H28F2N4O. The van der Waals surface area contributed by atoms with Crippen LogP contribution in [0.15, 0.2) is 60.8 Å². The number of carbonyl (C=O) groups is 1. The molecule has 0 aliphatic carbocycles. The van der Waals surface area contributed by atoms with Gasteiger partial charge in [-0.25, -0.2) is 8.78 Å². The zero-order chi connectivity index (χ0) is 22.2. The summed E-state index contributed by atoms with van der Waals surface area (Å²) in [5, 5.41) is 4.45. The lowest BCUT2D eigenvalue weighted by Crippen LogP contribution is -2.36. The second-order valence-electron chi connectivity index (χ2n) is 7.31. The number of halogens is 2. The van der Waals surface area contributed by atoms with E-state index in [-0.39, 0.29) is 24.1 Å². The Hall–Kier alpha value is -3.06. The van der Waals surface area contributed by atoms with Crippen molar-refractivity contribution in [3.63, 3.8) is 0 Å². The molecule has 0 aliphatic rings. The molecule has 0 bridgehead atoms. The van der Waals surface area contributed by atoms with Gasteiger partial charge in [-0.1, -0.05) is 13.8 Å². The summed E-state index contributed by atoms with van der Waals surface area (Å²) in [4.78, 5) is 17.1. The Morgan fingerprint density at radius 2 is 1.52 bits per heavy atom. The van der Waals surface area contributed by atoms with Gasteiger partial charge < -0.3 is 9.80 Å². The minimum atomic E-state index is -0.338. The van der Waals surface area contributed by atoms with Gasteiger partial charge in [-0.15, -0.1) is 0 Å². The predicted octanol–water partition coefficient (Wildman–Crippen LogP) is 4.59. The summed E-state index contributed by atoms with van der Waals surface area (Å²) < 4.78 is 28.1. The molecule has 0 radical (unpaired) electrons. The maximum absolute atomic E-state index is 13.4. The van der Waals surface area contributed by atoms with Gasteiger partial charge in [0.1, 0.15) is 18.2 Å². The van der Waals surface area contributed by atoms with E-state index in [0.29, 0.717) is 17.9 Å². The first kappa shape index (κ1) is 22.6. The van der Waals surface area contributed by atoms with Crippen LogP contribution in [0, 0.1) is 11.6 Å². The van der Waals surface area contributed by atoms with E-state index in [9.17, 15) is 13.6 Å². The highest BCUT2D eigenvalue weighted by molar-refractivity contribution is 5.93. The first-order chi connectivity index (χ1) is 15.0. The number of carbonyl (C=O) groups excluding carboxylic acids is 1. The van der Waals surface area contributed by atoms with Gasteiger partial charge in [0.25, 0.3) is 0 Å². The summed E-state index contributed by atoms with van der Waals surface area (Å²) in [6.07, 6.45) is 2.54. The zero-order valence-corrected chi connectivity index (χ0v) is 18.0. The SMILES string of the molecule is CCN(CC)CCCN(C(=O)Cn1ccc(-c2ccc(F)cc2)n1)c1ccc(F)cc1. The first-order valence-corrected chi connectivity index (χ1v) is 10.6. The molecule has 3 rings (SSSR count). The van der Waals surface area contributed by atoms with Crippen LogP contribution in [0.4, 0.5) is 14.5 Å². The Morgan fingerprint density at radius 1 is 0.903 bits per heavy atom. The van der Waals surface area contributed by atoms with E-state index in [1.807, 2.05) is 0 Å². The molecule has 0 aliphatic heterocycles. The van der Waals surface area contributed by atoms with Crippen LogP contribution >= 0.6 is 0 Å². The fourth-order valence-corrected chi connectivity index (χ4v) is 3.46. The quantitative estimate of drug-likeness (QED) is 0.476. The first-order valence-electron chi connectivity index (χ1n) is 10.6. The van der Waals surface area contributed by atoms with Crippen LogP contribution < -0.4 is 4.90 Å². The molecule has 1 aromatic heterocycles. The van der Waals surface area contributed by atoms with Gasteiger partial charge in [0.15, 0.2) is 0 Å². The van der Waals surface area contributed by atoms with E-state index in [1.54, 1.807) is 46.1 Å². The van der Waals surface area contributed by atoms with E-state index in [0.717, 1.165) is 31.6 Å². The standard InChI is InChI=1S/C24H28F2N4O/c1-3-28(4-2)15-5-16-30(22-12-10-21(26)11-13-22)24(31)18-29-17-14-23(27-29)19-6-8-20(25)9-7-19/h6-14,17H,3-5,15-16,18H2,1-2H3. The van der Waals surface area contributed by atoms with Crippen LogP contribution in [0.3, 0.4) is 0 Å².